The summed E-state index contributed by atoms with van der Waals surface area (Å²) in [6.07, 6.45) is 9.31. The van der Waals surface area contributed by atoms with Gasteiger partial charge in [0.25, 0.3) is 0 Å². The molecule has 0 aromatic heterocycles. The maximum atomic E-state index is 12.8. The van der Waals surface area contributed by atoms with Crippen molar-refractivity contribution in [3.8, 4) is 11.5 Å². The van der Waals surface area contributed by atoms with Gasteiger partial charge in [-0.1, -0.05) is 81.4 Å². The molecule has 13 heteroatoms. The summed E-state index contributed by atoms with van der Waals surface area (Å²) in [6.45, 7) is 10.9. The lowest BCUT2D eigenvalue weighted by Gasteiger charge is -2.63. The minimum absolute atomic E-state index is 0.0127. The Kier molecular flexibility index (Phi) is 16.6. The van der Waals surface area contributed by atoms with Gasteiger partial charge in [-0.15, -0.1) is 0 Å². The number of aryl methyl sites for hydroxylation is 1. The zero-order valence-corrected chi connectivity index (χ0v) is 43.2. The molecule has 5 N–H and O–H groups in total. The van der Waals surface area contributed by atoms with E-state index in [1.807, 2.05) is 73.7 Å². The highest BCUT2D eigenvalue weighted by Gasteiger charge is 2.65. The van der Waals surface area contributed by atoms with E-state index in [-0.39, 0.29) is 58.9 Å². The van der Waals surface area contributed by atoms with Gasteiger partial charge in [0.15, 0.2) is 0 Å². The van der Waals surface area contributed by atoms with E-state index in [4.69, 9.17) is 9.47 Å². The molecule has 0 aliphatic heterocycles. The number of carbonyl (C=O) groups is 2. The number of rotatable bonds is 21. The third-order valence-corrected chi connectivity index (χ3v) is 18.2. The molecule has 71 heavy (non-hydrogen) atoms. The first kappa shape index (κ1) is 52.4. The molecule has 4 aliphatic carbocycles. The number of carbonyl (C=O) groups excluding carboxylic acids is 1. The molecule has 0 saturated heterocycles. The van der Waals surface area contributed by atoms with Gasteiger partial charge in [-0.3, -0.25) is 14.3 Å². The van der Waals surface area contributed by atoms with Crippen LogP contribution < -0.4 is 19.7 Å². The molecular weight excluding hydrogens is 915 g/mol. The summed E-state index contributed by atoms with van der Waals surface area (Å²) in [5, 5.41) is 36.1. The normalized spacial score (nSPS) is 28.4. The second-order valence-corrected chi connectivity index (χ2v) is 23.8. The van der Waals surface area contributed by atoms with Crippen molar-refractivity contribution < 1.29 is 42.8 Å². The zero-order chi connectivity index (χ0) is 50.5. The fourth-order valence-corrected chi connectivity index (χ4v) is 14.4. The van der Waals surface area contributed by atoms with Crippen molar-refractivity contribution in [1.82, 2.24) is 5.32 Å². The molecule has 4 aromatic rings. The first-order valence-electron chi connectivity index (χ1n) is 26.1. The van der Waals surface area contributed by atoms with Crippen LogP contribution in [0.15, 0.2) is 97.1 Å². The number of sulfonamides is 1. The number of nitrogens with zero attached hydrogens (tertiary/aromatic N) is 1. The van der Waals surface area contributed by atoms with Crippen molar-refractivity contribution in [2.24, 2.45) is 46.3 Å². The molecule has 4 aliphatic rings. The van der Waals surface area contributed by atoms with Crippen LogP contribution >= 0.6 is 0 Å². The Morgan fingerprint density at radius 2 is 1.49 bits per heavy atom. The zero-order valence-electron chi connectivity index (χ0n) is 42.4. The quantitative estimate of drug-likeness (QED) is 0.0506. The number of anilines is 2. The molecular formula is C58H77N3O9S. The van der Waals surface area contributed by atoms with Crippen LogP contribution in [0.3, 0.4) is 0 Å². The number of aliphatic carboxylic acids is 1. The van der Waals surface area contributed by atoms with Crippen LogP contribution in [0.1, 0.15) is 114 Å². The number of carboxylic acids is 1. The highest BCUT2D eigenvalue weighted by molar-refractivity contribution is 7.92. The van der Waals surface area contributed by atoms with Crippen molar-refractivity contribution in [3.05, 3.63) is 119 Å². The minimum Gasteiger partial charge on any atom is -0.481 e. The van der Waals surface area contributed by atoms with Crippen LogP contribution in [-0.4, -0.2) is 73.3 Å². The lowest BCUT2D eigenvalue weighted by molar-refractivity contribution is -0.209. The van der Waals surface area contributed by atoms with E-state index in [9.17, 15) is 33.3 Å². The number of aliphatic hydroxyl groups is 2. The second kappa shape index (κ2) is 22.4. The van der Waals surface area contributed by atoms with E-state index < -0.39 is 28.2 Å². The van der Waals surface area contributed by atoms with Gasteiger partial charge >= 0.3 is 5.97 Å². The first-order chi connectivity index (χ1) is 33.9. The number of ether oxygens (including phenoxy) is 2. The van der Waals surface area contributed by atoms with Crippen LogP contribution in [0.2, 0.25) is 0 Å². The number of fused-ring (bicyclic) bond motifs is 5. The number of amides is 1. The third-order valence-electron chi connectivity index (χ3n) is 17.6. The van der Waals surface area contributed by atoms with Crippen LogP contribution in [0.5, 0.6) is 11.5 Å². The molecule has 384 valence electrons. The largest absolute Gasteiger partial charge is 0.481 e. The van der Waals surface area contributed by atoms with Crippen molar-refractivity contribution in [2.75, 3.05) is 29.0 Å². The summed E-state index contributed by atoms with van der Waals surface area (Å²) in [4.78, 5) is 26.4. The van der Waals surface area contributed by atoms with Gasteiger partial charge in [-0.2, -0.15) is 0 Å². The average molecular weight is 992 g/mol. The fraction of sp³-hybridized carbons (Fsp3) is 0.552. The Bertz CT molecular complexity index is 2540. The van der Waals surface area contributed by atoms with Crippen LogP contribution in [-0.2, 0) is 43.9 Å². The molecule has 4 aromatic carbocycles. The average Bonchev–Trinajstić information content (AvgIpc) is 3.70. The SMILES string of the molecule is Cc1c(NS(C)(=O)=O)cccc1N(Cc1ccccc1)Cc1ccc(Oc2ccc(CCCC(=O)NCCO[C@H]3CC[C@@]4(C)[C@@H](C3)C[C@@H](O)[C@@H]3[C@@H]4C[C@H](O)[C@]4(C)[C@@H]([C@H](C)CCC(=O)O)CC[C@@H]34)cc2)cc1. The van der Waals surface area contributed by atoms with Gasteiger partial charge < -0.3 is 35.0 Å². The summed E-state index contributed by atoms with van der Waals surface area (Å²) in [7, 11) is -3.44. The Labute approximate surface area is 422 Å². The van der Waals surface area contributed by atoms with Gasteiger partial charge in [0.1, 0.15) is 11.5 Å². The van der Waals surface area contributed by atoms with Crippen molar-refractivity contribution in [3.63, 3.8) is 0 Å². The molecule has 11 atom stereocenters. The lowest BCUT2D eigenvalue weighted by atomic mass is 9.43. The van der Waals surface area contributed by atoms with Crippen molar-refractivity contribution in [2.45, 2.75) is 136 Å². The lowest BCUT2D eigenvalue weighted by Crippen LogP contribution is -2.62. The predicted molar refractivity (Wildman–Crippen MR) is 279 cm³/mol. The van der Waals surface area contributed by atoms with Gasteiger partial charge in [-0.05, 0) is 176 Å². The molecule has 1 amide bonds. The molecule has 12 nitrogen and oxygen atoms in total. The number of hydrogen-bond donors (Lipinski definition) is 5. The molecule has 0 radical (unpaired) electrons. The third kappa shape index (κ3) is 12.3. The highest BCUT2D eigenvalue weighted by atomic mass is 32.2. The number of aliphatic hydroxyl groups excluding tert-OH is 2. The van der Waals surface area contributed by atoms with E-state index in [1.54, 1.807) is 6.07 Å². The van der Waals surface area contributed by atoms with E-state index in [0.717, 1.165) is 91.3 Å². The maximum absolute atomic E-state index is 12.8. The first-order valence-corrected chi connectivity index (χ1v) is 28.0. The highest BCUT2D eigenvalue weighted by Crippen LogP contribution is 2.68. The number of benzene rings is 4. The maximum Gasteiger partial charge on any atom is 0.303 e. The van der Waals surface area contributed by atoms with Gasteiger partial charge in [0.2, 0.25) is 15.9 Å². The monoisotopic (exact) mass is 992 g/mol. The van der Waals surface area contributed by atoms with E-state index in [1.165, 1.54) is 0 Å². The molecule has 0 spiro atoms. The molecule has 8 rings (SSSR count). The van der Waals surface area contributed by atoms with Gasteiger partial charge in [0.05, 0.1) is 36.9 Å². The van der Waals surface area contributed by atoms with Crippen LogP contribution in [0.4, 0.5) is 11.4 Å². The number of hydrogen-bond acceptors (Lipinski definition) is 9. The fourth-order valence-electron chi connectivity index (χ4n) is 13.8. The van der Waals surface area contributed by atoms with Crippen molar-refractivity contribution in [1.29, 1.82) is 0 Å². The van der Waals surface area contributed by atoms with Crippen LogP contribution in [0, 0.1) is 53.3 Å². The molecule has 0 unspecified atom stereocenters. The van der Waals surface area contributed by atoms with E-state index >= 15 is 0 Å². The number of carboxylic acid groups (broad SMARTS) is 1. The summed E-state index contributed by atoms with van der Waals surface area (Å²) >= 11 is 0. The van der Waals surface area contributed by atoms with Gasteiger partial charge in [0, 0.05) is 38.2 Å². The summed E-state index contributed by atoms with van der Waals surface area (Å²) in [5.74, 6) is 2.13. The molecule has 0 heterocycles. The van der Waals surface area contributed by atoms with Crippen molar-refractivity contribution >= 4 is 33.3 Å². The molecule has 0 bridgehead atoms. The second-order valence-electron chi connectivity index (χ2n) is 22.0. The molecule has 4 saturated carbocycles. The van der Waals surface area contributed by atoms with Gasteiger partial charge in [-0.25, -0.2) is 8.42 Å². The Morgan fingerprint density at radius 3 is 2.17 bits per heavy atom. The Balaban J connectivity index is 0.751. The summed E-state index contributed by atoms with van der Waals surface area (Å²) in [6, 6.07) is 31.9. The molecule has 4 fully saturated rings. The Hall–Kier alpha value is -4.95. The topological polar surface area (TPSA) is 175 Å². The van der Waals surface area contributed by atoms with Crippen LogP contribution in [0.25, 0.3) is 0 Å². The standard InChI is InChI=1S/C58H77N3O9S/c1-38(17-28-55(65)66)47-26-27-48-56-49(35-53(63)58(47,48)4)57(3)30-29-46(33-43(57)34-52(56)62)69-32-31-59-54(64)16-9-13-40-18-22-44(23-19-40)70-45-24-20-42(21-25-45)37-61(36-41-11-7-6-8-12-41)51-15-10-14-50(39(51)2)60-71(5,67)68/h6-8,10-12,14-15,18-25,38,43,46-49,52-53,56,60,62-63H,9,13,16-17,26-37H2,1-5H3,(H,59,64)(H,65,66)/t38-,43+,46+,47-,48+,49+,52-,53+,56+,57+,58-/m1/s1. The van der Waals surface area contributed by atoms with E-state index in [2.05, 4.69) is 60.0 Å². The minimum atomic E-state index is -3.44. The Morgan fingerprint density at radius 1 is 0.817 bits per heavy atom. The number of nitrogens with one attached hydrogen (secondary N) is 2. The van der Waals surface area contributed by atoms with E-state index in [0.29, 0.717) is 62.9 Å². The smallest absolute Gasteiger partial charge is 0.303 e. The summed E-state index contributed by atoms with van der Waals surface area (Å²) in [5.41, 5.74) is 5.43. The predicted octanol–water partition coefficient (Wildman–Crippen LogP) is 10.3. The summed E-state index contributed by atoms with van der Waals surface area (Å²) < 4.78 is 39.4.